The zero-order valence-corrected chi connectivity index (χ0v) is 14.2. The molecule has 4 N–H and O–H groups in total. The molecule has 0 unspecified atom stereocenters. The minimum Gasteiger partial charge on any atom is -0.480 e. The number of ether oxygens (including phenoxy) is 1. The van der Waals surface area contributed by atoms with Crippen LogP contribution in [0.3, 0.4) is 0 Å². The predicted molar refractivity (Wildman–Crippen MR) is 84.8 cm³/mol. The average Bonchev–Trinajstić information content (AvgIpc) is 2.34. The molecule has 0 rings (SSSR count). The van der Waals surface area contributed by atoms with Crippen molar-refractivity contribution in [2.24, 2.45) is 4.99 Å². The fourth-order valence-corrected chi connectivity index (χ4v) is 1.45. The highest BCUT2D eigenvalue weighted by Gasteiger charge is 2.23. The maximum absolute atomic E-state index is 11.5. The monoisotopic (exact) mass is 339 g/mol. The summed E-state index contributed by atoms with van der Waals surface area (Å²) in [7, 11) is 0. The molecule has 0 radical (unpaired) electrons. The van der Waals surface area contributed by atoms with Gasteiger partial charge >= 0.3 is 12.1 Å². The summed E-state index contributed by atoms with van der Waals surface area (Å²) in [6.45, 7) is 7.20. The molecule has 0 saturated heterocycles. The first-order chi connectivity index (χ1) is 9.65. The summed E-state index contributed by atoms with van der Waals surface area (Å²) >= 11 is 0. The van der Waals surface area contributed by atoms with E-state index in [1.807, 2.05) is 5.48 Å². The molecule has 0 aromatic carbocycles. The normalized spacial score (nSPS) is 12.9. The van der Waals surface area contributed by atoms with Crippen molar-refractivity contribution < 1.29 is 24.6 Å². The van der Waals surface area contributed by atoms with Gasteiger partial charge in [-0.1, -0.05) is 0 Å². The van der Waals surface area contributed by atoms with E-state index >= 15 is 0 Å². The third-order valence-corrected chi connectivity index (χ3v) is 2.40. The van der Waals surface area contributed by atoms with Crippen LogP contribution < -0.4 is 10.8 Å². The van der Waals surface area contributed by atoms with E-state index < -0.39 is 23.7 Å². The molecule has 0 bridgehead atoms. The van der Waals surface area contributed by atoms with E-state index in [0.717, 1.165) is 0 Å². The van der Waals surface area contributed by atoms with Gasteiger partial charge in [-0.15, -0.1) is 12.4 Å². The number of carboxylic acid groups (broad SMARTS) is 1. The number of nitrogens with one attached hydrogen (secondary N) is 2. The van der Waals surface area contributed by atoms with E-state index in [0.29, 0.717) is 25.2 Å². The van der Waals surface area contributed by atoms with Gasteiger partial charge in [0.2, 0.25) is 0 Å². The number of unbranched alkanes of at least 4 members (excludes halogenated alkanes) is 1. The topological polar surface area (TPSA) is 120 Å². The van der Waals surface area contributed by atoms with E-state index in [2.05, 4.69) is 10.3 Å². The third-order valence-electron chi connectivity index (χ3n) is 2.40. The summed E-state index contributed by atoms with van der Waals surface area (Å²) in [4.78, 5) is 26.6. The molecule has 0 saturated carbocycles. The lowest BCUT2D eigenvalue weighted by molar-refractivity contribution is -0.139. The molecular weight excluding hydrogens is 314 g/mol. The summed E-state index contributed by atoms with van der Waals surface area (Å²) in [6, 6.07) is -0.985. The van der Waals surface area contributed by atoms with Crippen LogP contribution in [0, 0.1) is 0 Å². The van der Waals surface area contributed by atoms with Gasteiger partial charge in [0.15, 0.2) is 0 Å². The molecule has 1 atom stereocenters. The fourth-order valence-electron chi connectivity index (χ4n) is 1.45. The Morgan fingerprint density at radius 3 is 2.32 bits per heavy atom. The van der Waals surface area contributed by atoms with Crippen molar-refractivity contribution in [3.8, 4) is 0 Å². The summed E-state index contributed by atoms with van der Waals surface area (Å²) in [6.07, 6.45) is 0.775. The Hall–Kier alpha value is -1.54. The number of amides is 1. The smallest absolute Gasteiger partial charge is 0.408 e. The van der Waals surface area contributed by atoms with Crippen molar-refractivity contribution in [3.05, 3.63) is 0 Å². The standard InChI is InChI=1S/C13H25N3O5.ClH/c1-9(16-20)14-8-6-5-7-10(11(17)18)15-12(19)21-13(2,3)4;/h10,20H,5-8H2,1-4H3,(H,14,16)(H,15,19)(H,17,18);1H/t10-;/m0./s1. The Labute approximate surface area is 136 Å². The molecule has 0 fully saturated rings. The minimum atomic E-state index is -1.10. The van der Waals surface area contributed by atoms with Gasteiger partial charge < -0.3 is 15.2 Å². The number of carbonyl (C=O) groups is 2. The largest absolute Gasteiger partial charge is 0.480 e. The Morgan fingerprint density at radius 2 is 1.86 bits per heavy atom. The van der Waals surface area contributed by atoms with Crippen LogP contribution >= 0.6 is 12.4 Å². The van der Waals surface area contributed by atoms with Crippen molar-refractivity contribution in [3.63, 3.8) is 0 Å². The molecule has 0 aliphatic heterocycles. The maximum atomic E-state index is 11.5. The summed E-state index contributed by atoms with van der Waals surface area (Å²) in [5.74, 6) is -0.700. The molecule has 0 heterocycles. The SMILES string of the molecule is CC(=NCCCC[C@H](NC(=O)OC(C)(C)C)C(=O)O)NO.Cl. The lowest BCUT2D eigenvalue weighted by atomic mass is 10.1. The van der Waals surface area contributed by atoms with E-state index in [-0.39, 0.29) is 18.8 Å². The summed E-state index contributed by atoms with van der Waals surface area (Å²) < 4.78 is 5.02. The molecular formula is C13H26ClN3O5. The van der Waals surface area contributed by atoms with E-state index in [1.54, 1.807) is 27.7 Å². The lowest BCUT2D eigenvalue weighted by Crippen LogP contribution is -2.43. The maximum Gasteiger partial charge on any atom is 0.408 e. The minimum absolute atomic E-state index is 0. The number of amidine groups is 1. The Morgan fingerprint density at radius 1 is 1.27 bits per heavy atom. The number of hydrogen-bond acceptors (Lipinski definition) is 5. The van der Waals surface area contributed by atoms with Crippen LogP contribution in [0.1, 0.15) is 47.0 Å². The van der Waals surface area contributed by atoms with Gasteiger partial charge in [0.1, 0.15) is 17.5 Å². The fraction of sp³-hybridized carbons (Fsp3) is 0.769. The molecule has 0 spiro atoms. The number of carbonyl (C=O) groups excluding carboxylic acids is 1. The highest BCUT2D eigenvalue weighted by atomic mass is 35.5. The molecule has 0 aromatic rings. The Balaban J connectivity index is 0. The molecule has 130 valence electrons. The van der Waals surface area contributed by atoms with E-state index in [1.165, 1.54) is 0 Å². The van der Waals surface area contributed by atoms with Crippen LogP contribution in [-0.2, 0) is 9.53 Å². The molecule has 0 aliphatic rings. The van der Waals surface area contributed by atoms with Crippen molar-refractivity contribution in [2.75, 3.05) is 6.54 Å². The second kappa shape index (κ2) is 11.1. The zero-order valence-electron chi connectivity index (χ0n) is 13.4. The third kappa shape index (κ3) is 12.2. The first kappa shape index (κ1) is 22.7. The Bertz CT molecular complexity index is 382. The van der Waals surface area contributed by atoms with Crippen LogP contribution in [-0.4, -0.2) is 46.4 Å². The van der Waals surface area contributed by atoms with Gasteiger partial charge in [-0.25, -0.2) is 9.59 Å². The first-order valence-electron chi connectivity index (χ1n) is 6.79. The highest BCUT2D eigenvalue weighted by Crippen LogP contribution is 2.08. The van der Waals surface area contributed by atoms with Crippen molar-refractivity contribution >= 4 is 30.3 Å². The van der Waals surface area contributed by atoms with Gasteiger partial charge in [0.05, 0.1) is 0 Å². The number of hydroxylamine groups is 1. The second-order valence-electron chi connectivity index (χ2n) is 5.61. The van der Waals surface area contributed by atoms with Crippen molar-refractivity contribution in [2.45, 2.75) is 58.6 Å². The van der Waals surface area contributed by atoms with Gasteiger partial charge in [0.25, 0.3) is 0 Å². The average molecular weight is 340 g/mol. The van der Waals surface area contributed by atoms with Crippen molar-refractivity contribution in [1.29, 1.82) is 0 Å². The van der Waals surface area contributed by atoms with Crippen LogP contribution in [0.15, 0.2) is 4.99 Å². The highest BCUT2D eigenvalue weighted by molar-refractivity contribution is 5.85. The molecule has 22 heavy (non-hydrogen) atoms. The molecule has 8 nitrogen and oxygen atoms in total. The van der Waals surface area contributed by atoms with Gasteiger partial charge in [-0.05, 0) is 47.0 Å². The second-order valence-corrected chi connectivity index (χ2v) is 5.61. The quantitative estimate of drug-likeness (QED) is 0.243. The van der Waals surface area contributed by atoms with Gasteiger partial charge in [-0.3, -0.25) is 15.7 Å². The number of rotatable bonds is 7. The Kier molecular flexibility index (Phi) is 11.5. The van der Waals surface area contributed by atoms with Crippen molar-refractivity contribution in [1.82, 2.24) is 10.8 Å². The van der Waals surface area contributed by atoms with E-state index in [4.69, 9.17) is 15.1 Å². The number of carboxylic acids is 1. The predicted octanol–water partition coefficient (Wildman–Crippen LogP) is 1.95. The number of nitrogens with zero attached hydrogens (tertiary/aromatic N) is 1. The lowest BCUT2D eigenvalue weighted by Gasteiger charge is -2.21. The summed E-state index contributed by atoms with van der Waals surface area (Å²) in [5, 5.41) is 19.9. The van der Waals surface area contributed by atoms with Gasteiger partial charge in [0, 0.05) is 6.54 Å². The van der Waals surface area contributed by atoms with Crippen LogP contribution in [0.5, 0.6) is 0 Å². The molecule has 9 heteroatoms. The number of aliphatic imine (C=N–C) groups is 1. The number of halogens is 1. The van der Waals surface area contributed by atoms with Crippen LogP contribution in [0.25, 0.3) is 0 Å². The molecule has 0 aromatic heterocycles. The molecule has 0 aliphatic carbocycles. The zero-order chi connectivity index (χ0) is 16.5. The van der Waals surface area contributed by atoms with Gasteiger partial charge in [-0.2, -0.15) is 0 Å². The van der Waals surface area contributed by atoms with E-state index in [9.17, 15) is 9.59 Å². The molecule has 1 amide bonds. The summed E-state index contributed by atoms with van der Waals surface area (Å²) in [5.41, 5.74) is 1.24. The van der Waals surface area contributed by atoms with Crippen LogP contribution in [0.4, 0.5) is 4.79 Å². The van der Waals surface area contributed by atoms with Crippen LogP contribution in [0.2, 0.25) is 0 Å². The number of aliphatic carboxylic acids is 1. The number of hydrogen-bond donors (Lipinski definition) is 4. The first-order valence-corrected chi connectivity index (χ1v) is 6.79. The number of alkyl carbamates (subject to hydrolysis) is 1.